The normalized spacial score (nSPS) is 10.4. The highest BCUT2D eigenvalue weighted by Gasteiger charge is 2.11. The molecular weight excluding hydrogens is 206 g/mol. The number of aryl methyl sites for hydroxylation is 1. The molecule has 0 radical (unpaired) electrons. The molecule has 16 heavy (non-hydrogen) atoms. The minimum Gasteiger partial charge on any atom is -0.465 e. The molecule has 0 spiro atoms. The van der Waals surface area contributed by atoms with Crippen molar-refractivity contribution in [1.82, 2.24) is 4.98 Å². The van der Waals surface area contributed by atoms with Gasteiger partial charge >= 0.3 is 5.97 Å². The maximum Gasteiger partial charge on any atom is 0.337 e. The summed E-state index contributed by atoms with van der Waals surface area (Å²) in [7, 11) is 1.32. The van der Waals surface area contributed by atoms with Gasteiger partial charge < -0.3 is 9.15 Å². The zero-order valence-corrected chi connectivity index (χ0v) is 9.11. The number of esters is 1. The van der Waals surface area contributed by atoms with Crippen LogP contribution in [0.1, 0.15) is 11.5 Å². The molecule has 0 saturated carbocycles. The Morgan fingerprint density at radius 1 is 1.50 bits per heavy atom. The van der Waals surface area contributed by atoms with Crippen molar-refractivity contribution >= 4 is 22.6 Å². The van der Waals surface area contributed by atoms with E-state index in [1.807, 2.05) is 0 Å². The lowest BCUT2D eigenvalue weighted by Crippen LogP contribution is -2.02. The number of rotatable bonds is 2. The van der Waals surface area contributed by atoms with Gasteiger partial charge in [0.05, 0.1) is 12.7 Å². The maximum absolute atomic E-state index is 11.3. The first-order chi connectivity index (χ1) is 7.61. The molecule has 0 aliphatic heterocycles. The second kappa shape index (κ2) is 3.81. The number of oxazole rings is 1. The Morgan fingerprint density at radius 2 is 2.25 bits per heavy atom. The van der Waals surface area contributed by atoms with Gasteiger partial charge in [-0.1, -0.05) is 12.6 Å². The lowest BCUT2D eigenvalue weighted by atomic mass is 10.1. The molecule has 0 aliphatic rings. The number of methoxy groups -OCH3 is 1. The van der Waals surface area contributed by atoms with Crippen LogP contribution in [0.5, 0.6) is 0 Å². The van der Waals surface area contributed by atoms with Crippen LogP contribution in [-0.4, -0.2) is 18.1 Å². The van der Waals surface area contributed by atoms with Crippen molar-refractivity contribution in [1.29, 1.82) is 0 Å². The van der Waals surface area contributed by atoms with Crippen molar-refractivity contribution in [3.63, 3.8) is 0 Å². The standard InChI is InChI=1S/C12H11NO3/c1-7(12(14)15-3)9-4-5-10-11(6-9)16-8(2)13-10/h4-6H,1H2,2-3H3. The summed E-state index contributed by atoms with van der Waals surface area (Å²) in [6.07, 6.45) is 0. The third-order valence-electron chi connectivity index (χ3n) is 2.28. The summed E-state index contributed by atoms with van der Waals surface area (Å²) in [4.78, 5) is 15.5. The highest BCUT2D eigenvalue weighted by atomic mass is 16.5. The first-order valence-electron chi connectivity index (χ1n) is 4.76. The van der Waals surface area contributed by atoms with Gasteiger partial charge in [0.15, 0.2) is 11.5 Å². The van der Waals surface area contributed by atoms with Crippen LogP contribution in [0.3, 0.4) is 0 Å². The smallest absolute Gasteiger partial charge is 0.337 e. The highest BCUT2D eigenvalue weighted by molar-refractivity contribution is 6.16. The lowest BCUT2D eigenvalue weighted by Gasteiger charge is -2.02. The maximum atomic E-state index is 11.3. The van der Waals surface area contributed by atoms with Gasteiger partial charge in [0, 0.05) is 6.92 Å². The van der Waals surface area contributed by atoms with Gasteiger partial charge in [-0.05, 0) is 17.7 Å². The topological polar surface area (TPSA) is 52.3 Å². The molecule has 0 atom stereocenters. The van der Waals surface area contributed by atoms with E-state index in [0.717, 1.165) is 5.52 Å². The fraction of sp³-hybridized carbons (Fsp3) is 0.167. The monoisotopic (exact) mass is 217 g/mol. The van der Waals surface area contributed by atoms with Crippen LogP contribution < -0.4 is 0 Å². The summed E-state index contributed by atoms with van der Waals surface area (Å²) in [6, 6.07) is 5.29. The van der Waals surface area contributed by atoms with E-state index in [1.54, 1.807) is 25.1 Å². The van der Waals surface area contributed by atoms with E-state index >= 15 is 0 Å². The van der Waals surface area contributed by atoms with Crippen LogP contribution >= 0.6 is 0 Å². The summed E-state index contributed by atoms with van der Waals surface area (Å²) in [6.45, 7) is 5.45. The van der Waals surface area contributed by atoms with Crippen molar-refractivity contribution < 1.29 is 13.9 Å². The van der Waals surface area contributed by atoms with Crippen molar-refractivity contribution in [2.75, 3.05) is 7.11 Å². The number of hydrogen-bond acceptors (Lipinski definition) is 4. The largest absolute Gasteiger partial charge is 0.465 e. The van der Waals surface area contributed by atoms with Crippen LogP contribution in [0.25, 0.3) is 16.7 Å². The minimum absolute atomic E-state index is 0.304. The van der Waals surface area contributed by atoms with Gasteiger partial charge in [0.1, 0.15) is 5.52 Å². The van der Waals surface area contributed by atoms with Gasteiger partial charge in [-0.2, -0.15) is 0 Å². The number of carbonyl (C=O) groups is 1. The van der Waals surface area contributed by atoms with E-state index in [-0.39, 0.29) is 0 Å². The number of ether oxygens (including phenoxy) is 1. The SMILES string of the molecule is C=C(C(=O)OC)c1ccc2nc(C)oc2c1. The summed E-state index contributed by atoms with van der Waals surface area (Å²) in [5.74, 6) is 0.145. The quantitative estimate of drug-likeness (QED) is 0.572. The van der Waals surface area contributed by atoms with Gasteiger partial charge in [-0.15, -0.1) is 0 Å². The second-order valence-electron chi connectivity index (χ2n) is 3.39. The Hall–Kier alpha value is -2.10. The number of carbonyl (C=O) groups excluding carboxylic acids is 1. The molecule has 82 valence electrons. The highest BCUT2D eigenvalue weighted by Crippen LogP contribution is 2.21. The van der Waals surface area contributed by atoms with Gasteiger partial charge in [-0.3, -0.25) is 0 Å². The van der Waals surface area contributed by atoms with Crippen LogP contribution in [0.2, 0.25) is 0 Å². The fourth-order valence-electron chi connectivity index (χ4n) is 1.47. The lowest BCUT2D eigenvalue weighted by molar-refractivity contribution is -0.133. The molecule has 1 heterocycles. The van der Waals surface area contributed by atoms with Gasteiger partial charge in [-0.25, -0.2) is 9.78 Å². The molecule has 4 heteroatoms. The molecule has 0 amide bonds. The van der Waals surface area contributed by atoms with Crippen LogP contribution in [0.4, 0.5) is 0 Å². The first-order valence-corrected chi connectivity index (χ1v) is 4.76. The molecule has 2 rings (SSSR count). The number of aromatic nitrogens is 1. The number of hydrogen-bond donors (Lipinski definition) is 0. The predicted octanol–water partition coefficient (Wildman–Crippen LogP) is 2.32. The molecule has 4 nitrogen and oxygen atoms in total. The van der Waals surface area contributed by atoms with E-state index in [2.05, 4.69) is 16.3 Å². The Morgan fingerprint density at radius 3 is 2.94 bits per heavy atom. The molecule has 0 unspecified atom stereocenters. The third-order valence-corrected chi connectivity index (χ3v) is 2.28. The van der Waals surface area contributed by atoms with Crippen LogP contribution in [0, 0.1) is 6.92 Å². The number of nitrogens with zero attached hydrogens (tertiary/aromatic N) is 1. The van der Waals surface area contributed by atoms with E-state index in [1.165, 1.54) is 7.11 Å². The molecular formula is C12H11NO3. The van der Waals surface area contributed by atoms with Crippen molar-refractivity contribution in [2.24, 2.45) is 0 Å². The molecule has 0 N–H and O–H groups in total. The Labute approximate surface area is 92.5 Å². The predicted molar refractivity (Wildman–Crippen MR) is 59.8 cm³/mol. The van der Waals surface area contributed by atoms with E-state index < -0.39 is 5.97 Å². The molecule has 1 aromatic heterocycles. The minimum atomic E-state index is -0.449. The zero-order chi connectivity index (χ0) is 11.7. The molecule has 0 aliphatic carbocycles. The average Bonchev–Trinajstić information content (AvgIpc) is 2.65. The summed E-state index contributed by atoms with van der Waals surface area (Å²) in [5, 5.41) is 0. The van der Waals surface area contributed by atoms with Gasteiger partial charge in [0.25, 0.3) is 0 Å². The Kier molecular flexibility index (Phi) is 2.48. The Balaban J connectivity index is 2.46. The van der Waals surface area contributed by atoms with Crippen LogP contribution in [0.15, 0.2) is 29.2 Å². The molecule has 2 aromatic rings. The second-order valence-corrected chi connectivity index (χ2v) is 3.39. The first kappa shape index (κ1) is 10.4. The fourth-order valence-corrected chi connectivity index (χ4v) is 1.47. The van der Waals surface area contributed by atoms with Crippen molar-refractivity contribution in [3.8, 4) is 0 Å². The van der Waals surface area contributed by atoms with Crippen LogP contribution in [-0.2, 0) is 9.53 Å². The molecule has 0 bridgehead atoms. The summed E-state index contributed by atoms with van der Waals surface area (Å²) >= 11 is 0. The summed E-state index contributed by atoms with van der Waals surface area (Å²) in [5.41, 5.74) is 2.38. The zero-order valence-electron chi connectivity index (χ0n) is 9.11. The molecule has 1 aromatic carbocycles. The van der Waals surface area contributed by atoms with E-state index in [9.17, 15) is 4.79 Å². The van der Waals surface area contributed by atoms with Gasteiger partial charge in [0.2, 0.25) is 0 Å². The third kappa shape index (κ3) is 1.69. The molecule has 0 fully saturated rings. The number of benzene rings is 1. The summed E-state index contributed by atoms with van der Waals surface area (Å²) < 4.78 is 9.97. The van der Waals surface area contributed by atoms with E-state index in [4.69, 9.17) is 4.42 Å². The van der Waals surface area contributed by atoms with Crippen molar-refractivity contribution in [3.05, 3.63) is 36.2 Å². The van der Waals surface area contributed by atoms with E-state index in [0.29, 0.717) is 22.6 Å². The van der Waals surface area contributed by atoms with Crippen molar-refractivity contribution in [2.45, 2.75) is 6.92 Å². The average molecular weight is 217 g/mol. The Bertz CT molecular complexity index is 569. The number of fused-ring (bicyclic) bond motifs is 1. The molecule has 0 saturated heterocycles.